The van der Waals surface area contributed by atoms with E-state index in [0.717, 1.165) is 16.9 Å². The molecule has 2 heterocycles. The van der Waals surface area contributed by atoms with Crippen LogP contribution in [0.2, 0.25) is 5.02 Å². The number of ether oxygens (including phenoxy) is 3. The molecule has 2 aromatic rings. The molecular formula is C23H28ClNO7. The Labute approximate surface area is 191 Å². The molecule has 8 nitrogen and oxygen atoms in total. The third-order valence-electron chi connectivity index (χ3n) is 5.80. The predicted molar refractivity (Wildman–Crippen MR) is 119 cm³/mol. The van der Waals surface area contributed by atoms with Crippen molar-refractivity contribution in [1.29, 1.82) is 0 Å². The van der Waals surface area contributed by atoms with E-state index >= 15 is 0 Å². The van der Waals surface area contributed by atoms with Crippen LogP contribution < -0.4 is 14.8 Å². The molecule has 0 aliphatic carbocycles. The summed E-state index contributed by atoms with van der Waals surface area (Å²) in [6.07, 6.45) is -5.86. The summed E-state index contributed by atoms with van der Waals surface area (Å²) in [5.74, 6) is 1.21. The summed E-state index contributed by atoms with van der Waals surface area (Å²) in [6, 6.07) is 9.49. The number of halogens is 1. The molecule has 0 saturated carbocycles. The SMILES string of the molecule is CCOc1ccc(Cc2cc([C@@H]3O[C@H](CO)[C@@H](O)[C@H](O)[C@H]3O)c3c(c2Cl)NCCO3)cc1. The molecule has 0 unspecified atom stereocenters. The first kappa shape index (κ1) is 23.1. The third-order valence-corrected chi connectivity index (χ3v) is 6.23. The number of nitrogens with one attached hydrogen (secondary N) is 1. The lowest BCUT2D eigenvalue weighted by Crippen LogP contribution is -2.55. The van der Waals surface area contributed by atoms with Crippen molar-refractivity contribution >= 4 is 17.3 Å². The Morgan fingerprint density at radius 3 is 2.56 bits per heavy atom. The van der Waals surface area contributed by atoms with E-state index in [2.05, 4.69) is 5.32 Å². The topological polar surface area (TPSA) is 121 Å². The maximum atomic E-state index is 10.7. The zero-order chi connectivity index (χ0) is 22.8. The molecule has 32 heavy (non-hydrogen) atoms. The second-order valence-corrected chi connectivity index (χ2v) is 8.30. The van der Waals surface area contributed by atoms with Crippen molar-refractivity contribution in [3.8, 4) is 11.5 Å². The quantitative estimate of drug-likeness (QED) is 0.437. The summed E-state index contributed by atoms with van der Waals surface area (Å²) in [4.78, 5) is 0. The van der Waals surface area contributed by atoms with Gasteiger partial charge in [-0.05, 0) is 42.7 Å². The third kappa shape index (κ3) is 4.39. The highest BCUT2D eigenvalue weighted by molar-refractivity contribution is 6.34. The summed E-state index contributed by atoms with van der Waals surface area (Å²) < 4.78 is 17.1. The molecule has 174 valence electrons. The molecule has 4 rings (SSSR count). The number of benzene rings is 2. The van der Waals surface area contributed by atoms with Crippen LogP contribution in [0.5, 0.6) is 11.5 Å². The average molecular weight is 466 g/mol. The highest BCUT2D eigenvalue weighted by Crippen LogP contribution is 2.46. The molecule has 2 aliphatic heterocycles. The van der Waals surface area contributed by atoms with Crippen LogP contribution in [-0.4, -0.2) is 71.2 Å². The average Bonchev–Trinajstić information content (AvgIpc) is 2.81. The zero-order valence-electron chi connectivity index (χ0n) is 17.7. The van der Waals surface area contributed by atoms with Gasteiger partial charge in [-0.1, -0.05) is 23.7 Å². The fourth-order valence-electron chi connectivity index (χ4n) is 4.15. The van der Waals surface area contributed by atoms with Crippen LogP contribution in [0.25, 0.3) is 0 Å². The number of hydrogen-bond donors (Lipinski definition) is 5. The Hall–Kier alpha value is -2.07. The number of anilines is 1. The molecule has 0 radical (unpaired) electrons. The van der Waals surface area contributed by atoms with Gasteiger partial charge in [-0.25, -0.2) is 0 Å². The molecule has 0 spiro atoms. The second kappa shape index (κ2) is 9.82. The van der Waals surface area contributed by atoms with Gasteiger partial charge in [0.2, 0.25) is 0 Å². The minimum atomic E-state index is -1.48. The normalized spacial score (nSPS) is 27.2. The Bertz CT molecular complexity index is 937. The van der Waals surface area contributed by atoms with Gasteiger partial charge >= 0.3 is 0 Å². The number of hydrogen-bond acceptors (Lipinski definition) is 8. The van der Waals surface area contributed by atoms with E-state index in [9.17, 15) is 20.4 Å². The highest BCUT2D eigenvalue weighted by atomic mass is 35.5. The Balaban J connectivity index is 1.72. The van der Waals surface area contributed by atoms with E-state index in [-0.39, 0.29) is 0 Å². The van der Waals surface area contributed by atoms with E-state index in [1.165, 1.54) is 0 Å². The molecule has 0 amide bonds. The highest BCUT2D eigenvalue weighted by Gasteiger charge is 2.45. The maximum absolute atomic E-state index is 10.7. The molecule has 5 atom stereocenters. The van der Waals surface area contributed by atoms with Crippen LogP contribution in [0.3, 0.4) is 0 Å². The molecule has 0 bridgehead atoms. The number of aliphatic hydroxyl groups excluding tert-OH is 4. The molecule has 1 saturated heterocycles. The zero-order valence-corrected chi connectivity index (χ0v) is 18.5. The minimum Gasteiger partial charge on any atom is -0.494 e. The molecule has 1 fully saturated rings. The van der Waals surface area contributed by atoms with E-state index in [1.54, 1.807) is 6.07 Å². The van der Waals surface area contributed by atoms with Crippen molar-refractivity contribution in [2.24, 2.45) is 0 Å². The smallest absolute Gasteiger partial charge is 0.149 e. The first-order valence-electron chi connectivity index (χ1n) is 10.7. The molecule has 2 aromatic carbocycles. The van der Waals surface area contributed by atoms with Gasteiger partial charge in [0.15, 0.2) is 0 Å². The standard InChI is InChI=1S/C23H28ClNO7/c1-2-30-14-5-3-12(4-6-14)9-13-10-15(22-18(17(13)24)25-7-8-31-22)23-21(29)20(28)19(27)16(11-26)32-23/h3-6,10,16,19-21,23,25-29H,2,7-9,11H2,1H3/t16-,19-,20+,21-,23+/m1/s1. The van der Waals surface area contributed by atoms with Gasteiger partial charge in [0.1, 0.15) is 48.6 Å². The predicted octanol–water partition coefficient (Wildman–Crippen LogP) is 1.65. The second-order valence-electron chi connectivity index (χ2n) is 7.92. The van der Waals surface area contributed by atoms with Crippen molar-refractivity contribution in [3.63, 3.8) is 0 Å². The van der Waals surface area contributed by atoms with E-state index in [0.29, 0.717) is 48.2 Å². The van der Waals surface area contributed by atoms with E-state index in [1.807, 2.05) is 31.2 Å². The van der Waals surface area contributed by atoms with Gasteiger partial charge in [0.05, 0.1) is 23.9 Å². The number of aliphatic hydroxyl groups is 4. The molecule has 9 heteroatoms. The molecule has 0 aromatic heterocycles. The van der Waals surface area contributed by atoms with Crippen molar-refractivity contribution in [3.05, 3.63) is 52.0 Å². The van der Waals surface area contributed by atoms with Crippen LogP contribution in [0, 0.1) is 0 Å². The van der Waals surface area contributed by atoms with Gasteiger partial charge in [0, 0.05) is 12.1 Å². The lowest BCUT2D eigenvalue weighted by atomic mass is 9.89. The number of rotatable bonds is 6. The van der Waals surface area contributed by atoms with Crippen molar-refractivity contribution in [2.45, 2.75) is 43.9 Å². The largest absolute Gasteiger partial charge is 0.494 e. The molecule has 5 N–H and O–H groups in total. The molecular weight excluding hydrogens is 438 g/mol. The van der Waals surface area contributed by atoms with Crippen LogP contribution in [0.4, 0.5) is 5.69 Å². The Kier molecular flexibility index (Phi) is 7.09. The monoisotopic (exact) mass is 465 g/mol. The summed E-state index contributed by atoms with van der Waals surface area (Å²) in [7, 11) is 0. The lowest BCUT2D eigenvalue weighted by Gasteiger charge is -2.41. The van der Waals surface area contributed by atoms with E-state index < -0.39 is 37.1 Å². The lowest BCUT2D eigenvalue weighted by molar-refractivity contribution is -0.232. The van der Waals surface area contributed by atoms with Gasteiger partial charge in [-0.2, -0.15) is 0 Å². The summed E-state index contributed by atoms with van der Waals surface area (Å²) in [5.41, 5.74) is 2.87. The summed E-state index contributed by atoms with van der Waals surface area (Å²) in [5, 5.41) is 44.4. The van der Waals surface area contributed by atoms with Crippen molar-refractivity contribution < 1.29 is 34.6 Å². The van der Waals surface area contributed by atoms with E-state index in [4.69, 9.17) is 25.8 Å². The minimum absolute atomic E-state index is 0.395. The number of fused-ring (bicyclic) bond motifs is 1. The van der Waals surface area contributed by atoms with Crippen LogP contribution in [0.15, 0.2) is 30.3 Å². The summed E-state index contributed by atoms with van der Waals surface area (Å²) >= 11 is 6.71. The van der Waals surface area contributed by atoms with Crippen molar-refractivity contribution in [2.75, 3.05) is 31.7 Å². The first-order valence-corrected chi connectivity index (χ1v) is 11.1. The van der Waals surface area contributed by atoms with Gasteiger partial charge in [-0.3, -0.25) is 0 Å². The molecule has 2 aliphatic rings. The van der Waals surface area contributed by atoms with Gasteiger partial charge in [0.25, 0.3) is 0 Å². The Morgan fingerprint density at radius 2 is 1.88 bits per heavy atom. The fraction of sp³-hybridized carbons (Fsp3) is 0.478. The Morgan fingerprint density at radius 1 is 1.12 bits per heavy atom. The van der Waals surface area contributed by atoms with Gasteiger partial charge in [-0.15, -0.1) is 0 Å². The fourth-order valence-corrected chi connectivity index (χ4v) is 4.43. The maximum Gasteiger partial charge on any atom is 0.149 e. The van der Waals surface area contributed by atoms with Crippen molar-refractivity contribution in [1.82, 2.24) is 0 Å². The van der Waals surface area contributed by atoms with Crippen LogP contribution in [-0.2, 0) is 11.2 Å². The first-order chi connectivity index (χ1) is 15.4. The van der Waals surface area contributed by atoms with Crippen LogP contribution in [0.1, 0.15) is 29.7 Å². The van der Waals surface area contributed by atoms with Crippen LogP contribution >= 0.6 is 11.6 Å². The van der Waals surface area contributed by atoms with Gasteiger partial charge < -0.3 is 40.0 Å². The summed E-state index contributed by atoms with van der Waals surface area (Å²) in [6.45, 7) is 2.97.